The number of hydrogen-bond donors (Lipinski definition) is 0. The lowest BCUT2D eigenvalue weighted by Gasteiger charge is -2.03. The molecule has 0 spiro atoms. The van der Waals surface area contributed by atoms with Gasteiger partial charge < -0.3 is 0 Å². The van der Waals surface area contributed by atoms with E-state index in [1.807, 2.05) is 36.4 Å². The van der Waals surface area contributed by atoms with Gasteiger partial charge in [0, 0.05) is 11.1 Å². The summed E-state index contributed by atoms with van der Waals surface area (Å²) in [6, 6.07) is 13.8. The molecule has 1 aliphatic rings. The van der Waals surface area contributed by atoms with Crippen molar-refractivity contribution in [2.45, 2.75) is 0 Å². The van der Waals surface area contributed by atoms with Crippen molar-refractivity contribution >= 4 is 10.8 Å². The van der Waals surface area contributed by atoms with Crippen LogP contribution in [0.5, 0.6) is 0 Å². The van der Waals surface area contributed by atoms with Gasteiger partial charge in [-0.25, -0.2) is 8.78 Å². The molecule has 0 radical (unpaired) electrons. The van der Waals surface area contributed by atoms with Gasteiger partial charge in [0.25, 0.3) is 0 Å². The van der Waals surface area contributed by atoms with Crippen molar-refractivity contribution in [1.29, 1.82) is 0 Å². The van der Waals surface area contributed by atoms with Gasteiger partial charge in [-0.2, -0.15) is 0 Å². The van der Waals surface area contributed by atoms with Crippen LogP contribution < -0.4 is 0 Å². The lowest BCUT2D eigenvalue weighted by Crippen LogP contribution is -1.87. The molecule has 3 aromatic rings. The second kappa shape index (κ2) is 3.16. The Kier molecular flexibility index (Phi) is 1.72. The van der Waals surface area contributed by atoms with Crippen molar-refractivity contribution in [3.63, 3.8) is 0 Å². The maximum absolute atomic E-state index is 14.0. The fourth-order valence-corrected chi connectivity index (χ4v) is 2.84. The van der Waals surface area contributed by atoms with Crippen LogP contribution in [0, 0.1) is 11.6 Å². The second-order valence-corrected chi connectivity index (χ2v) is 4.49. The predicted molar refractivity (Wildman–Crippen MR) is 68.3 cm³/mol. The molecule has 0 aromatic heterocycles. The largest absolute Gasteiger partial charge is 0.206 e. The number of halogens is 2. The first kappa shape index (κ1) is 9.77. The van der Waals surface area contributed by atoms with E-state index >= 15 is 0 Å². The van der Waals surface area contributed by atoms with Crippen LogP contribution >= 0.6 is 0 Å². The highest BCUT2D eigenvalue weighted by atomic mass is 19.1. The van der Waals surface area contributed by atoms with Crippen LogP contribution in [-0.4, -0.2) is 0 Å². The molecule has 0 unspecified atom stereocenters. The fourth-order valence-electron chi connectivity index (χ4n) is 2.84. The smallest absolute Gasteiger partial charge is 0.131 e. The van der Waals surface area contributed by atoms with Gasteiger partial charge in [-0.1, -0.05) is 36.4 Å². The Balaban J connectivity index is 2.31. The first-order valence-corrected chi connectivity index (χ1v) is 5.78. The predicted octanol–water partition coefficient (Wildman–Crippen LogP) is 4.77. The van der Waals surface area contributed by atoms with E-state index in [2.05, 4.69) is 0 Å². The van der Waals surface area contributed by atoms with Gasteiger partial charge in [-0.15, -0.1) is 0 Å². The van der Waals surface area contributed by atoms with Gasteiger partial charge in [-0.05, 0) is 34.0 Å². The van der Waals surface area contributed by atoms with Crippen LogP contribution in [0.1, 0.15) is 0 Å². The standard InChI is InChI=1S/C16H8F2/c17-12-7-8-13(18)16-11-6-2-4-9-3-1-5-10(14(9)11)15(12)16/h1-8H. The van der Waals surface area contributed by atoms with Crippen molar-refractivity contribution < 1.29 is 8.78 Å². The normalized spacial score (nSPS) is 11.9. The van der Waals surface area contributed by atoms with Crippen molar-refractivity contribution in [3.05, 3.63) is 60.2 Å². The van der Waals surface area contributed by atoms with Crippen molar-refractivity contribution in [2.75, 3.05) is 0 Å². The first-order chi connectivity index (χ1) is 8.77. The summed E-state index contributed by atoms with van der Waals surface area (Å²) in [7, 11) is 0. The summed E-state index contributed by atoms with van der Waals surface area (Å²) >= 11 is 0. The van der Waals surface area contributed by atoms with E-state index in [0.717, 1.165) is 21.9 Å². The maximum Gasteiger partial charge on any atom is 0.131 e. The molecule has 0 nitrogen and oxygen atoms in total. The fraction of sp³-hybridized carbons (Fsp3) is 0. The summed E-state index contributed by atoms with van der Waals surface area (Å²) in [6.07, 6.45) is 0. The topological polar surface area (TPSA) is 0 Å². The second-order valence-electron chi connectivity index (χ2n) is 4.49. The van der Waals surface area contributed by atoms with Crippen molar-refractivity contribution in [1.82, 2.24) is 0 Å². The Morgan fingerprint density at radius 1 is 0.611 bits per heavy atom. The molecule has 2 heteroatoms. The molecule has 0 saturated heterocycles. The zero-order valence-corrected chi connectivity index (χ0v) is 9.37. The van der Waals surface area contributed by atoms with Crippen LogP contribution in [0.4, 0.5) is 8.78 Å². The molecule has 0 bridgehead atoms. The molecule has 1 aliphatic carbocycles. The molecule has 0 amide bonds. The van der Waals surface area contributed by atoms with E-state index in [-0.39, 0.29) is 11.6 Å². The lowest BCUT2D eigenvalue weighted by atomic mass is 10.0. The van der Waals surface area contributed by atoms with Crippen LogP contribution in [0.3, 0.4) is 0 Å². The quantitative estimate of drug-likeness (QED) is 0.414. The minimum absolute atomic E-state index is 0.366. The summed E-state index contributed by atoms with van der Waals surface area (Å²) in [5, 5.41) is 1.96. The monoisotopic (exact) mass is 238 g/mol. The highest BCUT2D eigenvalue weighted by molar-refractivity contribution is 6.15. The lowest BCUT2D eigenvalue weighted by molar-refractivity contribution is 0.607. The van der Waals surface area contributed by atoms with Gasteiger partial charge in [0.15, 0.2) is 0 Å². The average molecular weight is 238 g/mol. The molecule has 0 saturated carbocycles. The minimum atomic E-state index is -0.366. The van der Waals surface area contributed by atoms with E-state index in [9.17, 15) is 8.78 Å². The molecule has 0 atom stereocenters. The van der Waals surface area contributed by atoms with Crippen molar-refractivity contribution in [2.24, 2.45) is 0 Å². The Morgan fingerprint density at radius 2 is 1.11 bits per heavy atom. The number of rotatable bonds is 0. The van der Waals surface area contributed by atoms with Crippen molar-refractivity contribution in [3.8, 4) is 22.3 Å². The zero-order chi connectivity index (χ0) is 12.3. The van der Waals surface area contributed by atoms with Crippen LogP contribution in [0.15, 0.2) is 48.5 Å². The third-order valence-corrected chi connectivity index (χ3v) is 3.55. The van der Waals surface area contributed by atoms with E-state index < -0.39 is 0 Å². The Bertz CT molecular complexity index is 740. The van der Waals surface area contributed by atoms with Crippen LogP contribution in [-0.2, 0) is 0 Å². The summed E-state index contributed by atoms with van der Waals surface area (Å²) in [4.78, 5) is 0. The van der Waals surface area contributed by atoms with E-state index in [1.54, 1.807) is 0 Å². The molecule has 3 aromatic carbocycles. The molecule has 0 N–H and O–H groups in total. The van der Waals surface area contributed by atoms with E-state index in [1.165, 1.54) is 12.1 Å². The molecule has 0 aliphatic heterocycles. The maximum atomic E-state index is 14.0. The summed E-state index contributed by atoms with van der Waals surface area (Å²) in [5.74, 6) is -0.731. The SMILES string of the molecule is Fc1ccc(F)c2c1-c1cccc3cccc-2c13. The van der Waals surface area contributed by atoms with E-state index in [0.29, 0.717) is 11.1 Å². The highest BCUT2D eigenvalue weighted by Gasteiger charge is 2.26. The zero-order valence-electron chi connectivity index (χ0n) is 9.37. The molecule has 18 heavy (non-hydrogen) atoms. The number of hydrogen-bond acceptors (Lipinski definition) is 0. The third kappa shape index (κ3) is 1.03. The molecular weight excluding hydrogens is 230 g/mol. The van der Waals surface area contributed by atoms with Gasteiger partial charge in [0.1, 0.15) is 11.6 Å². The molecule has 86 valence electrons. The Labute approximate surface area is 102 Å². The Hall–Kier alpha value is -2.22. The van der Waals surface area contributed by atoms with Gasteiger partial charge in [0.05, 0.1) is 0 Å². The molecule has 4 rings (SSSR count). The van der Waals surface area contributed by atoms with Gasteiger partial charge in [0.2, 0.25) is 0 Å². The van der Waals surface area contributed by atoms with Crippen LogP contribution in [0.2, 0.25) is 0 Å². The number of fused-ring (bicyclic) bond motifs is 3. The average Bonchev–Trinajstić information content (AvgIpc) is 2.73. The van der Waals surface area contributed by atoms with Crippen LogP contribution in [0.25, 0.3) is 33.0 Å². The first-order valence-electron chi connectivity index (χ1n) is 5.78. The van der Waals surface area contributed by atoms with Gasteiger partial charge >= 0.3 is 0 Å². The summed E-state index contributed by atoms with van der Waals surface area (Å²) < 4.78 is 28.0. The summed E-state index contributed by atoms with van der Waals surface area (Å²) in [6.45, 7) is 0. The highest BCUT2D eigenvalue weighted by Crippen LogP contribution is 2.48. The molecule has 0 heterocycles. The number of benzene rings is 3. The van der Waals surface area contributed by atoms with E-state index in [4.69, 9.17) is 0 Å². The minimum Gasteiger partial charge on any atom is -0.206 e. The summed E-state index contributed by atoms with van der Waals surface area (Å²) in [5.41, 5.74) is 2.36. The third-order valence-electron chi connectivity index (χ3n) is 3.55. The van der Waals surface area contributed by atoms with Gasteiger partial charge in [-0.3, -0.25) is 0 Å². The Morgan fingerprint density at radius 3 is 1.61 bits per heavy atom. The molecular formula is C16H8F2. The molecule has 0 fully saturated rings.